The first-order valence-electron chi connectivity index (χ1n) is 3.90. The molecule has 1 aromatic rings. The summed E-state index contributed by atoms with van der Waals surface area (Å²) in [5.74, 6) is 0.377. The summed E-state index contributed by atoms with van der Waals surface area (Å²) in [4.78, 5) is 0. The topological polar surface area (TPSA) is 45.4 Å². The first kappa shape index (κ1) is 10.1. The summed E-state index contributed by atoms with van der Waals surface area (Å²) in [5, 5.41) is 11.7. The molecule has 0 aliphatic heterocycles. The zero-order valence-electron chi connectivity index (χ0n) is 6.91. The van der Waals surface area contributed by atoms with E-state index >= 15 is 0 Å². The van der Waals surface area contributed by atoms with E-state index in [9.17, 15) is 13.9 Å². The van der Waals surface area contributed by atoms with Gasteiger partial charge in [0.2, 0.25) is 0 Å². The van der Waals surface area contributed by atoms with Crippen molar-refractivity contribution in [1.82, 2.24) is 5.32 Å². The van der Waals surface area contributed by atoms with E-state index in [0.29, 0.717) is 5.76 Å². The maximum absolute atomic E-state index is 11.7. The van der Waals surface area contributed by atoms with E-state index in [1.54, 1.807) is 12.1 Å². The van der Waals surface area contributed by atoms with Crippen molar-refractivity contribution in [2.75, 3.05) is 13.1 Å². The van der Waals surface area contributed by atoms with Gasteiger partial charge in [0, 0.05) is 6.54 Å². The van der Waals surface area contributed by atoms with Crippen molar-refractivity contribution in [2.24, 2.45) is 0 Å². The molecule has 0 saturated carbocycles. The van der Waals surface area contributed by atoms with Crippen molar-refractivity contribution < 1.29 is 18.3 Å². The smallest absolute Gasteiger partial charge is 0.250 e. The van der Waals surface area contributed by atoms with E-state index in [1.807, 2.05) is 0 Å². The first-order valence-corrected chi connectivity index (χ1v) is 3.90. The monoisotopic (exact) mass is 191 g/mol. The minimum absolute atomic E-state index is 0.0673. The van der Waals surface area contributed by atoms with E-state index in [2.05, 4.69) is 5.32 Å². The summed E-state index contributed by atoms with van der Waals surface area (Å²) < 4.78 is 28.2. The molecule has 0 aliphatic rings. The highest BCUT2D eigenvalue weighted by molar-refractivity contribution is 5.01. The third-order valence-electron chi connectivity index (χ3n) is 1.51. The van der Waals surface area contributed by atoms with Gasteiger partial charge >= 0.3 is 0 Å². The number of hydrogen-bond donors (Lipinski definition) is 2. The zero-order valence-corrected chi connectivity index (χ0v) is 6.91. The Hall–Kier alpha value is -0.940. The van der Waals surface area contributed by atoms with Gasteiger partial charge in [0.1, 0.15) is 11.9 Å². The van der Waals surface area contributed by atoms with Crippen LogP contribution in [0.5, 0.6) is 0 Å². The number of rotatable bonds is 5. The molecule has 2 N–H and O–H groups in total. The van der Waals surface area contributed by atoms with Crippen LogP contribution in [0.25, 0.3) is 0 Å². The van der Waals surface area contributed by atoms with E-state index < -0.39 is 19.1 Å². The molecular weight excluding hydrogens is 180 g/mol. The van der Waals surface area contributed by atoms with Crippen molar-refractivity contribution in [3.05, 3.63) is 24.2 Å². The highest BCUT2D eigenvalue weighted by atomic mass is 19.3. The fourth-order valence-corrected chi connectivity index (χ4v) is 0.911. The van der Waals surface area contributed by atoms with Crippen LogP contribution in [0.2, 0.25) is 0 Å². The molecule has 0 amide bonds. The van der Waals surface area contributed by atoms with Crippen LogP contribution in [0.3, 0.4) is 0 Å². The number of halogens is 2. The minimum Gasteiger partial charge on any atom is -0.467 e. The second kappa shape index (κ2) is 4.94. The largest absolute Gasteiger partial charge is 0.467 e. The molecule has 0 spiro atoms. The molecule has 0 fully saturated rings. The molecule has 1 unspecified atom stereocenters. The Bertz CT molecular complexity index is 226. The van der Waals surface area contributed by atoms with Crippen molar-refractivity contribution in [2.45, 2.75) is 12.5 Å². The lowest BCUT2D eigenvalue weighted by Crippen LogP contribution is -2.26. The SMILES string of the molecule is OC(CNCC(F)F)c1ccco1. The van der Waals surface area contributed by atoms with Crippen molar-refractivity contribution in [1.29, 1.82) is 0 Å². The Morgan fingerprint density at radius 3 is 2.77 bits per heavy atom. The maximum Gasteiger partial charge on any atom is 0.250 e. The van der Waals surface area contributed by atoms with E-state index in [4.69, 9.17) is 4.42 Å². The highest BCUT2D eigenvalue weighted by Crippen LogP contribution is 2.11. The summed E-state index contributed by atoms with van der Waals surface area (Å²) >= 11 is 0. The van der Waals surface area contributed by atoms with Crippen LogP contribution in [0.4, 0.5) is 8.78 Å². The van der Waals surface area contributed by atoms with Crippen molar-refractivity contribution in [3.63, 3.8) is 0 Å². The van der Waals surface area contributed by atoms with E-state index in [0.717, 1.165) is 0 Å². The summed E-state index contributed by atoms with van der Waals surface area (Å²) in [5.41, 5.74) is 0. The maximum atomic E-state index is 11.7. The highest BCUT2D eigenvalue weighted by Gasteiger charge is 2.10. The molecule has 3 nitrogen and oxygen atoms in total. The molecule has 1 heterocycles. The normalized spacial score (nSPS) is 13.5. The Morgan fingerprint density at radius 1 is 1.46 bits per heavy atom. The predicted octanol–water partition coefficient (Wildman–Crippen LogP) is 1.17. The Morgan fingerprint density at radius 2 is 2.23 bits per heavy atom. The number of hydrogen-bond acceptors (Lipinski definition) is 3. The fraction of sp³-hybridized carbons (Fsp3) is 0.500. The molecule has 0 radical (unpaired) electrons. The van der Waals surface area contributed by atoms with Crippen LogP contribution in [0, 0.1) is 0 Å². The summed E-state index contributed by atoms with van der Waals surface area (Å²) in [6, 6.07) is 3.22. The van der Waals surface area contributed by atoms with Gasteiger partial charge in [-0.1, -0.05) is 0 Å². The molecule has 5 heteroatoms. The minimum atomic E-state index is -2.40. The molecule has 0 aliphatic carbocycles. The number of furan rings is 1. The van der Waals surface area contributed by atoms with Gasteiger partial charge in [-0.25, -0.2) is 8.78 Å². The van der Waals surface area contributed by atoms with Crippen molar-refractivity contribution in [3.8, 4) is 0 Å². The Kier molecular flexibility index (Phi) is 3.85. The van der Waals surface area contributed by atoms with Gasteiger partial charge < -0.3 is 14.8 Å². The molecule has 1 atom stereocenters. The first-order chi connectivity index (χ1) is 6.20. The predicted molar refractivity (Wildman–Crippen MR) is 42.5 cm³/mol. The van der Waals surface area contributed by atoms with E-state index in [1.165, 1.54) is 6.26 Å². The Balaban J connectivity index is 2.22. The summed E-state index contributed by atoms with van der Waals surface area (Å²) in [7, 11) is 0. The summed E-state index contributed by atoms with van der Waals surface area (Å²) in [6.07, 6.45) is -1.84. The average Bonchev–Trinajstić information content (AvgIpc) is 2.55. The van der Waals surface area contributed by atoms with E-state index in [-0.39, 0.29) is 6.54 Å². The van der Waals surface area contributed by atoms with Gasteiger partial charge in [0.15, 0.2) is 0 Å². The fourth-order valence-electron chi connectivity index (χ4n) is 0.911. The molecule has 0 aromatic carbocycles. The molecule has 1 rings (SSSR count). The van der Waals surface area contributed by atoms with Crippen molar-refractivity contribution >= 4 is 0 Å². The van der Waals surface area contributed by atoms with Crippen LogP contribution < -0.4 is 5.32 Å². The lowest BCUT2D eigenvalue weighted by atomic mass is 10.3. The number of aliphatic hydroxyl groups is 1. The third-order valence-corrected chi connectivity index (χ3v) is 1.51. The molecule has 0 saturated heterocycles. The van der Waals surface area contributed by atoms with Gasteiger partial charge in [-0.15, -0.1) is 0 Å². The number of alkyl halides is 2. The lowest BCUT2D eigenvalue weighted by Gasteiger charge is -2.08. The van der Waals surface area contributed by atoms with Crippen LogP contribution in [0.15, 0.2) is 22.8 Å². The molecular formula is C8H11F2NO2. The quantitative estimate of drug-likeness (QED) is 0.734. The summed E-state index contributed by atoms with van der Waals surface area (Å²) in [6.45, 7) is -0.352. The third kappa shape index (κ3) is 3.52. The molecule has 13 heavy (non-hydrogen) atoms. The number of nitrogens with one attached hydrogen (secondary N) is 1. The second-order valence-corrected chi connectivity index (χ2v) is 2.58. The standard InChI is InChI=1S/C8H11F2NO2/c9-8(10)5-11-4-6(12)7-2-1-3-13-7/h1-3,6,8,11-12H,4-5H2. The van der Waals surface area contributed by atoms with Crippen LogP contribution >= 0.6 is 0 Å². The average molecular weight is 191 g/mol. The number of aliphatic hydroxyl groups excluding tert-OH is 1. The molecule has 74 valence electrons. The van der Waals surface area contributed by atoms with Gasteiger partial charge in [0.05, 0.1) is 12.8 Å². The van der Waals surface area contributed by atoms with Crippen LogP contribution in [0.1, 0.15) is 11.9 Å². The molecule has 1 aromatic heterocycles. The van der Waals surface area contributed by atoms with Gasteiger partial charge in [-0.2, -0.15) is 0 Å². The second-order valence-electron chi connectivity index (χ2n) is 2.58. The zero-order chi connectivity index (χ0) is 9.68. The lowest BCUT2D eigenvalue weighted by molar-refractivity contribution is 0.119. The van der Waals surface area contributed by atoms with Gasteiger partial charge in [0.25, 0.3) is 6.43 Å². The molecule has 0 bridgehead atoms. The van der Waals surface area contributed by atoms with Crippen LogP contribution in [-0.4, -0.2) is 24.6 Å². The van der Waals surface area contributed by atoms with Crippen LogP contribution in [-0.2, 0) is 0 Å². The van der Waals surface area contributed by atoms with Gasteiger partial charge in [-0.05, 0) is 12.1 Å². The Labute approximate surface area is 74.4 Å². The van der Waals surface area contributed by atoms with Gasteiger partial charge in [-0.3, -0.25) is 0 Å².